The number of benzene rings is 1. The largest absolute Gasteiger partial charge is 0.325 e. The van der Waals surface area contributed by atoms with Gasteiger partial charge in [-0.3, -0.25) is 14.6 Å². The van der Waals surface area contributed by atoms with Gasteiger partial charge in [0.15, 0.2) is 5.16 Å². The van der Waals surface area contributed by atoms with Crippen LogP contribution in [0.1, 0.15) is 0 Å². The van der Waals surface area contributed by atoms with Crippen LogP contribution < -0.4 is 10.9 Å². The summed E-state index contributed by atoms with van der Waals surface area (Å²) in [6.45, 7) is 0. The Morgan fingerprint density at radius 2 is 2.32 bits per heavy atom. The average molecular weight is 297 g/mol. The first-order valence-corrected chi connectivity index (χ1v) is 6.60. The summed E-state index contributed by atoms with van der Waals surface area (Å²) in [4.78, 5) is 25.1. The van der Waals surface area contributed by atoms with Crippen molar-refractivity contribution in [2.45, 2.75) is 5.16 Å². The van der Waals surface area contributed by atoms with Crippen LogP contribution in [0, 0.1) is 0 Å². The van der Waals surface area contributed by atoms with Crippen LogP contribution in [0.15, 0.2) is 40.4 Å². The molecule has 0 saturated heterocycles. The lowest BCUT2D eigenvalue weighted by Gasteiger charge is -2.04. The van der Waals surface area contributed by atoms with Crippen molar-refractivity contribution in [2.75, 3.05) is 11.1 Å². The summed E-state index contributed by atoms with van der Waals surface area (Å²) >= 11 is 6.90. The quantitative estimate of drug-likeness (QED) is 0.836. The van der Waals surface area contributed by atoms with E-state index in [1.807, 2.05) is 0 Å². The number of aromatic amines is 1. The molecule has 1 amide bonds. The highest BCUT2D eigenvalue weighted by Gasteiger charge is 2.05. The first-order valence-electron chi connectivity index (χ1n) is 5.24. The molecule has 1 aromatic heterocycles. The number of carbonyl (C=O) groups is 1. The summed E-state index contributed by atoms with van der Waals surface area (Å²) in [6, 6.07) is 6.84. The predicted molar refractivity (Wildman–Crippen MR) is 73.5 cm³/mol. The number of carbonyl (C=O) groups excluding carboxylic acids is 1. The second kappa shape index (κ2) is 6.35. The molecule has 6 nitrogen and oxygen atoms in total. The van der Waals surface area contributed by atoms with Crippen molar-refractivity contribution in [2.24, 2.45) is 0 Å². The SMILES string of the molecule is O=C(CSc1nncc(=O)[nH]1)Nc1cccc(Cl)c1. The summed E-state index contributed by atoms with van der Waals surface area (Å²) in [5.41, 5.74) is 0.262. The minimum Gasteiger partial charge on any atom is -0.325 e. The van der Waals surface area contributed by atoms with E-state index in [2.05, 4.69) is 20.5 Å². The first kappa shape index (κ1) is 13.6. The summed E-state index contributed by atoms with van der Waals surface area (Å²) in [6.07, 6.45) is 1.07. The molecule has 1 heterocycles. The number of nitrogens with zero attached hydrogens (tertiary/aromatic N) is 2. The highest BCUT2D eigenvalue weighted by molar-refractivity contribution is 7.99. The Labute approximate surface area is 117 Å². The van der Waals surface area contributed by atoms with Crippen molar-refractivity contribution in [1.29, 1.82) is 0 Å². The standard InChI is InChI=1S/C11H9ClN4O2S/c12-7-2-1-3-8(4-7)14-10(18)6-19-11-15-9(17)5-13-16-11/h1-5H,6H2,(H,14,18)(H,15,16,17). The Morgan fingerprint density at radius 3 is 3.05 bits per heavy atom. The summed E-state index contributed by atoms with van der Waals surface area (Å²) in [7, 11) is 0. The fourth-order valence-corrected chi connectivity index (χ4v) is 2.07. The number of amides is 1. The van der Waals surface area contributed by atoms with Crippen LogP contribution in [0.2, 0.25) is 5.02 Å². The molecule has 0 radical (unpaired) electrons. The number of hydrogen-bond donors (Lipinski definition) is 2. The second-order valence-electron chi connectivity index (χ2n) is 3.49. The molecule has 0 aliphatic carbocycles. The molecule has 0 aliphatic rings. The molecular weight excluding hydrogens is 288 g/mol. The molecule has 2 rings (SSSR count). The molecule has 0 atom stereocenters. The van der Waals surface area contributed by atoms with Gasteiger partial charge >= 0.3 is 0 Å². The molecule has 19 heavy (non-hydrogen) atoms. The Balaban J connectivity index is 1.90. The molecule has 1 aromatic carbocycles. The number of halogens is 1. The van der Waals surface area contributed by atoms with E-state index in [-0.39, 0.29) is 17.2 Å². The number of thioether (sulfide) groups is 1. The average Bonchev–Trinajstić information content (AvgIpc) is 2.36. The highest BCUT2D eigenvalue weighted by atomic mass is 35.5. The van der Waals surface area contributed by atoms with Crippen molar-refractivity contribution >= 4 is 35.0 Å². The van der Waals surface area contributed by atoms with Gasteiger partial charge in [0, 0.05) is 10.7 Å². The Bertz CT molecular complexity index is 646. The van der Waals surface area contributed by atoms with Gasteiger partial charge < -0.3 is 5.32 Å². The van der Waals surface area contributed by atoms with Gasteiger partial charge in [0.25, 0.3) is 5.56 Å². The molecule has 0 bridgehead atoms. The monoisotopic (exact) mass is 296 g/mol. The molecule has 0 spiro atoms. The van der Waals surface area contributed by atoms with E-state index in [0.29, 0.717) is 15.9 Å². The lowest BCUT2D eigenvalue weighted by molar-refractivity contribution is -0.113. The molecule has 98 valence electrons. The van der Waals surface area contributed by atoms with Crippen molar-refractivity contribution in [3.63, 3.8) is 0 Å². The van der Waals surface area contributed by atoms with Gasteiger partial charge in [-0.2, -0.15) is 5.10 Å². The van der Waals surface area contributed by atoms with E-state index in [0.717, 1.165) is 18.0 Å². The Kier molecular flexibility index (Phi) is 4.53. The molecular formula is C11H9ClN4O2S. The predicted octanol–water partition coefficient (Wildman–Crippen LogP) is 1.55. The number of rotatable bonds is 4. The normalized spacial score (nSPS) is 10.2. The number of aromatic nitrogens is 3. The zero-order chi connectivity index (χ0) is 13.7. The Morgan fingerprint density at radius 1 is 1.47 bits per heavy atom. The second-order valence-corrected chi connectivity index (χ2v) is 4.89. The summed E-state index contributed by atoms with van der Waals surface area (Å²) in [5.74, 6) is -0.111. The van der Waals surface area contributed by atoms with E-state index < -0.39 is 0 Å². The third-order valence-electron chi connectivity index (χ3n) is 2.00. The van der Waals surface area contributed by atoms with Gasteiger partial charge in [-0.05, 0) is 18.2 Å². The van der Waals surface area contributed by atoms with Crippen LogP contribution in [-0.2, 0) is 4.79 Å². The van der Waals surface area contributed by atoms with Crippen molar-refractivity contribution in [1.82, 2.24) is 15.2 Å². The number of anilines is 1. The minimum atomic E-state index is -0.354. The molecule has 0 aliphatic heterocycles. The van der Waals surface area contributed by atoms with E-state index in [4.69, 9.17) is 11.6 Å². The highest BCUT2D eigenvalue weighted by Crippen LogP contribution is 2.16. The maximum Gasteiger partial charge on any atom is 0.270 e. The number of hydrogen-bond acceptors (Lipinski definition) is 5. The molecule has 0 unspecified atom stereocenters. The topological polar surface area (TPSA) is 87.7 Å². The van der Waals surface area contributed by atoms with Crippen LogP contribution >= 0.6 is 23.4 Å². The van der Waals surface area contributed by atoms with Crippen molar-refractivity contribution in [3.05, 3.63) is 45.8 Å². The van der Waals surface area contributed by atoms with Crippen LogP contribution in [-0.4, -0.2) is 26.8 Å². The number of nitrogens with one attached hydrogen (secondary N) is 2. The lowest BCUT2D eigenvalue weighted by Crippen LogP contribution is -2.15. The van der Waals surface area contributed by atoms with Gasteiger partial charge in [-0.15, -0.1) is 5.10 Å². The third kappa shape index (κ3) is 4.38. The first-order chi connectivity index (χ1) is 9.13. The van der Waals surface area contributed by atoms with Crippen LogP contribution in [0.25, 0.3) is 0 Å². The lowest BCUT2D eigenvalue weighted by atomic mass is 10.3. The molecule has 0 fully saturated rings. The summed E-state index contributed by atoms with van der Waals surface area (Å²) < 4.78 is 0. The molecule has 0 saturated carbocycles. The maximum absolute atomic E-state index is 11.7. The van der Waals surface area contributed by atoms with Crippen molar-refractivity contribution in [3.8, 4) is 0 Å². The zero-order valence-electron chi connectivity index (χ0n) is 9.59. The van der Waals surface area contributed by atoms with Gasteiger partial charge in [-0.1, -0.05) is 29.4 Å². The fraction of sp³-hybridized carbons (Fsp3) is 0.0909. The smallest absolute Gasteiger partial charge is 0.270 e. The number of H-pyrrole nitrogens is 1. The zero-order valence-corrected chi connectivity index (χ0v) is 11.2. The van der Waals surface area contributed by atoms with Crippen LogP contribution in [0.4, 0.5) is 5.69 Å². The molecule has 8 heteroatoms. The summed E-state index contributed by atoms with van der Waals surface area (Å²) in [5, 5.41) is 10.7. The third-order valence-corrected chi connectivity index (χ3v) is 3.10. The van der Waals surface area contributed by atoms with Gasteiger partial charge in [-0.25, -0.2) is 0 Å². The Hall–Kier alpha value is -1.86. The van der Waals surface area contributed by atoms with E-state index >= 15 is 0 Å². The van der Waals surface area contributed by atoms with Gasteiger partial charge in [0.05, 0.1) is 5.75 Å². The van der Waals surface area contributed by atoms with Crippen LogP contribution in [0.5, 0.6) is 0 Å². The minimum absolute atomic E-state index is 0.112. The van der Waals surface area contributed by atoms with Gasteiger partial charge in [0.1, 0.15) is 6.20 Å². The van der Waals surface area contributed by atoms with Gasteiger partial charge in [0.2, 0.25) is 5.91 Å². The van der Waals surface area contributed by atoms with Crippen molar-refractivity contribution < 1.29 is 4.79 Å². The van der Waals surface area contributed by atoms with E-state index in [9.17, 15) is 9.59 Å². The van der Waals surface area contributed by atoms with E-state index in [1.165, 1.54) is 0 Å². The van der Waals surface area contributed by atoms with Crippen LogP contribution in [0.3, 0.4) is 0 Å². The fourth-order valence-electron chi connectivity index (χ4n) is 1.26. The molecule has 2 N–H and O–H groups in total. The maximum atomic E-state index is 11.7. The molecule has 2 aromatic rings. The van der Waals surface area contributed by atoms with E-state index in [1.54, 1.807) is 24.3 Å².